The Morgan fingerprint density at radius 3 is 2.55 bits per heavy atom. The average molecular weight is 274 g/mol. The quantitative estimate of drug-likeness (QED) is 0.714. The molecule has 0 aromatic heterocycles. The van der Waals surface area contributed by atoms with E-state index in [2.05, 4.69) is 33.0 Å². The van der Waals surface area contributed by atoms with Crippen molar-refractivity contribution in [1.82, 2.24) is 4.90 Å². The van der Waals surface area contributed by atoms with Crippen LogP contribution in [0.3, 0.4) is 0 Å². The highest BCUT2D eigenvalue weighted by Gasteiger charge is 2.58. The molecule has 5 aliphatic rings. The molecule has 0 N–H and O–H groups in total. The zero-order valence-corrected chi connectivity index (χ0v) is 13.4. The molecule has 4 saturated heterocycles. The first-order chi connectivity index (χ1) is 9.59. The lowest BCUT2D eigenvalue weighted by atomic mass is 9.29. The van der Waals surface area contributed by atoms with Crippen LogP contribution in [0.2, 0.25) is 11.1 Å². The second-order valence-electron chi connectivity index (χ2n) is 8.28. The zero-order valence-electron chi connectivity index (χ0n) is 13.4. The highest BCUT2D eigenvalue weighted by Crippen LogP contribution is 2.64. The fraction of sp³-hybridized carbons (Fsp3) is 1.00. The Balaban J connectivity index is 1.62. The molecule has 5 rings (SSSR count). The predicted molar refractivity (Wildman–Crippen MR) is 83.4 cm³/mol. The molecule has 2 nitrogen and oxygen atoms in total. The molecule has 4 atom stereocenters. The van der Waals surface area contributed by atoms with Crippen molar-refractivity contribution in [2.45, 2.75) is 88.1 Å². The summed E-state index contributed by atoms with van der Waals surface area (Å²) < 4.78 is 5.64. The minimum Gasteiger partial charge on any atom is -0.377 e. The van der Waals surface area contributed by atoms with Gasteiger partial charge in [-0.15, -0.1) is 0 Å². The third-order valence-corrected chi connectivity index (χ3v) is 7.04. The maximum Gasteiger partial charge on any atom is 0.122 e. The van der Waals surface area contributed by atoms with Crippen molar-refractivity contribution < 1.29 is 4.74 Å². The maximum absolute atomic E-state index is 5.64. The summed E-state index contributed by atoms with van der Waals surface area (Å²) in [5, 5.41) is 0.619. The number of piperidine rings is 1. The average Bonchev–Trinajstić information content (AvgIpc) is 2.60. The van der Waals surface area contributed by atoms with Crippen LogP contribution in [-0.2, 0) is 4.74 Å². The molecule has 1 radical (unpaired) electrons. The molecule has 20 heavy (non-hydrogen) atoms. The Bertz CT molecular complexity index is 386. The summed E-state index contributed by atoms with van der Waals surface area (Å²) in [5.41, 5.74) is 0.406. The van der Waals surface area contributed by atoms with Gasteiger partial charge in [0.05, 0.1) is 18.8 Å². The van der Waals surface area contributed by atoms with E-state index in [1.54, 1.807) is 0 Å². The van der Waals surface area contributed by atoms with E-state index in [1.165, 1.54) is 38.5 Å². The monoisotopic (exact) mass is 274 g/mol. The third-order valence-electron chi connectivity index (χ3n) is 7.04. The van der Waals surface area contributed by atoms with Crippen LogP contribution < -0.4 is 0 Å². The summed E-state index contributed by atoms with van der Waals surface area (Å²) in [4.78, 5) is 2.89. The first-order valence-corrected chi connectivity index (χ1v) is 8.81. The van der Waals surface area contributed by atoms with Crippen molar-refractivity contribution in [3.05, 3.63) is 0 Å². The van der Waals surface area contributed by atoms with Crippen LogP contribution in [0.1, 0.15) is 59.3 Å². The molecule has 2 bridgehead atoms. The highest BCUT2D eigenvalue weighted by molar-refractivity contribution is 6.46. The van der Waals surface area contributed by atoms with Crippen molar-refractivity contribution in [1.29, 1.82) is 0 Å². The summed E-state index contributed by atoms with van der Waals surface area (Å²) in [6.45, 7) is 9.17. The molecular formula is C17H29BNO. The van der Waals surface area contributed by atoms with Gasteiger partial charge in [-0.2, -0.15) is 0 Å². The molecule has 0 amide bonds. The second kappa shape index (κ2) is 4.49. The van der Waals surface area contributed by atoms with E-state index in [9.17, 15) is 0 Å². The lowest BCUT2D eigenvalue weighted by Crippen LogP contribution is -2.70. The molecule has 4 aliphatic heterocycles. The molecule has 0 aromatic carbocycles. The number of likely N-dealkylation sites (tertiary alicyclic amines) is 1. The first-order valence-electron chi connectivity index (χ1n) is 8.81. The largest absolute Gasteiger partial charge is 0.377 e. The van der Waals surface area contributed by atoms with E-state index in [1.807, 2.05) is 0 Å². The topological polar surface area (TPSA) is 12.5 Å². The van der Waals surface area contributed by atoms with E-state index in [0.29, 0.717) is 16.9 Å². The van der Waals surface area contributed by atoms with Crippen molar-refractivity contribution in [3.63, 3.8) is 0 Å². The van der Waals surface area contributed by atoms with Gasteiger partial charge in [0.1, 0.15) is 7.28 Å². The molecule has 3 heteroatoms. The second-order valence-corrected chi connectivity index (χ2v) is 8.28. The molecule has 1 saturated carbocycles. The summed E-state index contributed by atoms with van der Waals surface area (Å²) in [6.07, 6.45) is 8.51. The molecular weight excluding hydrogens is 245 g/mol. The van der Waals surface area contributed by atoms with Gasteiger partial charge in [-0.25, -0.2) is 0 Å². The van der Waals surface area contributed by atoms with Crippen molar-refractivity contribution in [2.24, 2.45) is 5.92 Å². The van der Waals surface area contributed by atoms with Crippen molar-refractivity contribution >= 4 is 7.28 Å². The van der Waals surface area contributed by atoms with Gasteiger partial charge < -0.3 is 4.74 Å². The fourth-order valence-corrected chi connectivity index (χ4v) is 5.95. The molecule has 4 unspecified atom stereocenters. The van der Waals surface area contributed by atoms with Crippen LogP contribution >= 0.6 is 0 Å². The Kier molecular flexibility index (Phi) is 3.06. The molecule has 111 valence electrons. The van der Waals surface area contributed by atoms with Gasteiger partial charge in [0.25, 0.3) is 0 Å². The van der Waals surface area contributed by atoms with Gasteiger partial charge in [0.15, 0.2) is 0 Å². The smallest absolute Gasteiger partial charge is 0.122 e. The van der Waals surface area contributed by atoms with E-state index >= 15 is 0 Å². The van der Waals surface area contributed by atoms with Crippen LogP contribution in [0.15, 0.2) is 0 Å². The van der Waals surface area contributed by atoms with Crippen molar-refractivity contribution in [2.75, 3.05) is 13.2 Å². The summed E-state index contributed by atoms with van der Waals surface area (Å²) >= 11 is 0. The summed E-state index contributed by atoms with van der Waals surface area (Å²) in [5.74, 6) is 1.85. The summed E-state index contributed by atoms with van der Waals surface area (Å²) in [6, 6.07) is 1.49. The van der Waals surface area contributed by atoms with E-state index in [-0.39, 0.29) is 0 Å². The van der Waals surface area contributed by atoms with Gasteiger partial charge in [-0.1, -0.05) is 37.3 Å². The standard InChI is InChI=1S/C17H29BNO/c1-4-16-7-6-15-13(14(9-16)18-16)5-8-17(10-20-11-17)19(15)12(2)3/h12-15H,4-11H2,1-3H3. The first kappa shape index (κ1) is 13.6. The van der Waals surface area contributed by atoms with Gasteiger partial charge in [-0.05, 0) is 39.0 Å². The van der Waals surface area contributed by atoms with Crippen LogP contribution in [0.5, 0.6) is 0 Å². The number of hydrogen-bond donors (Lipinski definition) is 0. The predicted octanol–water partition coefficient (Wildman–Crippen LogP) is 3.50. The Morgan fingerprint density at radius 1 is 1.25 bits per heavy atom. The molecule has 0 aromatic rings. The van der Waals surface area contributed by atoms with Crippen molar-refractivity contribution in [3.8, 4) is 0 Å². The Hall–Kier alpha value is -0.0151. The lowest BCUT2D eigenvalue weighted by molar-refractivity contribution is -0.194. The lowest BCUT2D eigenvalue weighted by Gasteiger charge is -2.61. The van der Waals surface area contributed by atoms with Gasteiger partial charge in [-0.3, -0.25) is 4.90 Å². The van der Waals surface area contributed by atoms with Gasteiger partial charge in [0.2, 0.25) is 0 Å². The zero-order chi connectivity index (χ0) is 14.0. The maximum atomic E-state index is 5.64. The SMILES string of the molecule is CCC12[B]C(C1)C1CCC3(COC3)N(C(C)C)C1CC2. The summed E-state index contributed by atoms with van der Waals surface area (Å²) in [7, 11) is 2.76. The van der Waals surface area contributed by atoms with Gasteiger partial charge in [0, 0.05) is 12.1 Å². The minimum absolute atomic E-state index is 0.406. The third kappa shape index (κ3) is 1.72. The number of hydrogen-bond acceptors (Lipinski definition) is 2. The fourth-order valence-electron chi connectivity index (χ4n) is 5.95. The Labute approximate surface area is 124 Å². The van der Waals surface area contributed by atoms with E-state index in [4.69, 9.17) is 4.74 Å². The van der Waals surface area contributed by atoms with Crippen LogP contribution in [0, 0.1) is 5.92 Å². The molecule has 5 fully saturated rings. The number of fused-ring (bicyclic) bond motifs is 1. The van der Waals surface area contributed by atoms with Gasteiger partial charge >= 0.3 is 0 Å². The van der Waals surface area contributed by atoms with E-state index in [0.717, 1.165) is 31.0 Å². The minimum atomic E-state index is 0.406. The number of nitrogens with zero attached hydrogens (tertiary/aromatic N) is 1. The normalized spacial score (nSPS) is 46.1. The van der Waals surface area contributed by atoms with Crippen LogP contribution in [0.25, 0.3) is 0 Å². The highest BCUT2D eigenvalue weighted by atomic mass is 16.5. The van der Waals surface area contributed by atoms with Crippen LogP contribution in [-0.4, -0.2) is 43.0 Å². The molecule has 1 spiro atoms. The number of rotatable bonds is 2. The molecule has 1 aliphatic carbocycles. The number of ether oxygens (including phenoxy) is 1. The van der Waals surface area contributed by atoms with E-state index < -0.39 is 0 Å². The molecule has 4 heterocycles. The Morgan fingerprint density at radius 2 is 2.00 bits per heavy atom. The van der Waals surface area contributed by atoms with Crippen LogP contribution in [0.4, 0.5) is 0 Å².